The number of furan rings is 1. The fourth-order valence-corrected chi connectivity index (χ4v) is 5.33. The van der Waals surface area contributed by atoms with Crippen LogP contribution in [0.15, 0.2) is 114 Å². The van der Waals surface area contributed by atoms with Crippen LogP contribution in [-0.2, 0) is 4.79 Å². The zero-order valence-corrected chi connectivity index (χ0v) is 21.4. The first kappa shape index (κ1) is 23.9. The summed E-state index contributed by atoms with van der Waals surface area (Å²) in [6.45, 7) is 0.428. The van der Waals surface area contributed by atoms with Gasteiger partial charge in [-0.05, 0) is 47.9 Å². The van der Waals surface area contributed by atoms with E-state index in [1.807, 2.05) is 108 Å². The van der Waals surface area contributed by atoms with Crippen molar-refractivity contribution in [3.63, 3.8) is 0 Å². The van der Waals surface area contributed by atoms with Crippen LogP contribution in [0.2, 0.25) is 0 Å². The van der Waals surface area contributed by atoms with Crippen LogP contribution >= 0.6 is 12.2 Å². The van der Waals surface area contributed by atoms with E-state index < -0.39 is 0 Å². The molecular formula is C31H26N4O2S. The molecule has 7 heteroatoms. The van der Waals surface area contributed by atoms with Gasteiger partial charge in [0.1, 0.15) is 17.6 Å². The van der Waals surface area contributed by atoms with E-state index in [1.54, 1.807) is 6.20 Å². The molecule has 6 nitrogen and oxygen atoms in total. The predicted octanol–water partition coefficient (Wildman–Crippen LogP) is 6.50. The maximum Gasteiger partial charge on any atom is 0.226 e. The van der Waals surface area contributed by atoms with Crippen LogP contribution in [0.1, 0.15) is 30.0 Å². The zero-order valence-electron chi connectivity index (χ0n) is 20.6. The van der Waals surface area contributed by atoms with Gasteiger partial charge in [-0.3, -0.25) is 9.78 Å². The number of rotatable bonds is 7. The van der Waals surface area contributed by atoms with Crippen LogP contribution in [0.4, 0.5) is 5.69 Å². The quantitative estimate of drug-likeness (QED) is 0.240. The Morgan fingerprint density at radius 2 is 1.71 bits per heavy atom. The molecule has 0 bridgehead atoms. The van der Waals surface area contributed by atoms with E-state index in [-0.39, 0.29) is 24.4 Å². The van der Waals surface area contributed by atoms with Crippen LogP contribution in [0, 0.1) is 0 Å². The number of carbonyl (C=O) groups is 1. The third-order valence-electron chi connectivity index (χ3n) is 6.82. The lowest BCUT2D eigenvalue weighted by Gasteiger charge is -2.26. The summed E-state index contributed by atoms with van der Waals surface area (Å²) in [7, 11) is 0. The Hall–Kier alpha value is -4.49. The fourth-order valence-electron chi connectivity index (χ4n) is 4.99. The fraction of sp³-hybridized carbons (Fsp3) is 0.129. The Bertz CT molecular complexity index is 1580. The molecular weight excluding hydrogens is 492 g/mol. The van der Waals surface area contributed by atoms with E-state index in [1.165, 1.54) is 0 Å². The molecule has 3 aromatic carbocycles. The SMILES string of the molecule is O=C(CCN1C(=S)N[C@@H](c2ccccn2)[C@H]1c1ccc(-c2ccccc2)o1)Nc1cccc2ccccc12. The third kappa shape index (κ3) is 4.76. The lowest BCUT2D eigenvalue weighted by atomic mass is 10.0. The van der Waals surface area contributed by atoms with E-state index >= 15 is 0 Å². The first-order chi connectivity index (χ1) is 18.7. The number of carbonyl (C=O) groups excluding carboxylic acids is 1. The molecule has 38 heavy (non-hydrogen) atoms. The van der Waals surface area contributed by atoms with Crippen molar-refractivity contribution in [2.75, 3.05) is 11.9 Å². The zero-order chi connectivity index (χ0) is 25.9. The number of hydrogen-bond acceptors (Lipinski definition) is 4. The third-order valence-corrected chi connectivity index (χ3v) is 7.17. The van der Waals surface area contributed by atoms with Gasteiger partial charge >= 0.3 is 0 Å². The average Bonchev–Trinajstić information content (AvgIpc) is 3.57. The number of anilines is 1. The van der Waals surface area contributed by atoms with E-state index in [4.69, 9.17) is 16.6 Å². The molecule has 1 fully saturated rings. The molecule has 0 saturated carbocycles. The second-order valence-electron chi connectivity index (χ2n) is 9.21. The highest BCUT2D eigenvalue weighted by Crippen LogP contribution is 2.40. The molecule has 1 saturated heterocycles. The molecule has 188 valence electrons. The summed E-state index contributed by atoms with van der Waals surface area (Å²) >= 11 is 5.75. The molecule has 0 spiro atoms. The number of aromatic nitrogens is 1. The van der Waals surface area contributed by atoms with Crippen LogP contribution < -0.4 is 10.6 Å². The highest BCUT2D eigenvalue weighted by Gasteiger charge is 2.41. The normalized spacial score (nSPS) is 16.9. The summed E-state index contributed by atoms with van der Waals surface area (Å²) in [6.07, 6.45) is 2.04. The van der Waals surface area contributed by atoms with E-state index in [9.17, 15) is 4.79 Å². The second-order valence-corrected chi connectivity index (χ2v) is 9.60. The van der Waals surface area contributed by atoms with Gasteiger partial charge in [-0.2, -0.15) is 0 Å². The molecule has 0 radical (unpaired) electrons. The Kier molecular flexibility index (Phi) is 6.58. The van der Waals surface area contributed by atoms with Crippen LogP contribution in [0.5, 0.6) is 0 Å². The topological polar surface area (TPSA) is 70.4 Å². The molecule has 1 aliphatic heterocycles. The number of amides is 1. The van der Waals surface area contributed by atoms with Gasteiger partial charge in [0, 0.05) is 35.8 Å². The van der Waals surface area contributed by atoms with E-state index in [0.29, 0.717) is 11.7 Å². The summed E-state index contributed by atoms with van der Waals surface area (Å²) in [4.78, 5) is 19.7. The Labute approximate surface area is 226 Å². The number of fused-ring (bicyclic) bond motifs is 1. The lowest BCUT2D eigenvalue weighted by Crippen LogP contribution is -2.32. The number of pyridine rings is 1. The molecule has 0 aliphatic carbocycles. The van der Waals surface area contributed by atoms with Crippen molar-refractivity contribution < 1.29 is 9.21 Å². The Balaban J connectivity index is 1.25. The van der Waals surface area contributed by atoms with Crippen LogP contribution in [0.25, 0.3) is 22.1 Å². The van der Waals surface area contributed by atoms with Gasteiger partial charge in [-0.15, -0.1) is 0 Å². The van der Waals surface area contributed by atoms with Crippen molar-refractivity contribution in [2.24, 2.45) is 0 Å². The molecule has 1 amide bonds. The van der Waals surface area contributed by atoms with Gasteiger partial charge in [0.2, 0.25) is 5.91 Å². The summed E-state index contributed by atoms with van der Waals surface area (Å²) < 4.78 is 6.36. The molecule has 1 aliphatic rings. The molecule has 2 aromatic heterocycles. The van der Waals surface area contributed by atoms with E-state index in [0.717, 1.165) is 39.2 Å². The minimum absolute atomic E-state index is 0.0754. The standard InChI is InChI=1S/C31H26N4O2S/c36-28(33-24-15-8-12-21-9-4-5-13-23(21)24)18-20-35-30(29(34-31(35)38)25-14-6-7-19-32-25)27-17-16-26(37-27)22-10-2-1-3-11-22/h1-17,19,29-30H,18,20H2,(H,33,36)(H,34,38)/t29-,30+/m0/s1. The van der Waals surface area contributed by atoms with Crippen molar-refractivity contribution in [1.29, 1.82) is 0 Å². The summed E-state index contributed by atoms with van der Waals surface area (Å²) in [5, 5.41) is 9.17. The maximum absolute atomic E-state index is 13.1. The predicted molar refractivity (Wildman–Crippen MR) is 153 cm³/mol. The van der Waals surface area contributed by atoms with Crippen LogP contribution in [-0.4, -0.2) is 27.4 Å². The second kappa shape index (κ2) is 10.5. The number of hydrogen-bond donors (Lipinski definition) is 2. The van der Waals surface area contributed by atoms with Gasteiger partial charge in [0.15, 0.2) is 5.11 Å². The van der Waals surface area contributed by atoms with Gasteiger partial charge in [0.05, 0.1) is 11.7 Å². The number of thiocarbonyl (C=S) groups is 1. The van der Waals surface area contributed by atoms with Crippen LogP contribution in [0.3, 0.4) is 0 Å². The highest BCUT2D eigenvalue weighted by atomic mass is 32.1. The monoisotopic (exact) mass is 518 g/mol. The molecule has 0 unspecified atom stereocenters. The maximum atomic E-state index is 13.1. The molecule has 3 heterocycles. The largest absolute Gasteiger partial charge is 0.459 e. The minimum atomic E-state index is -0.250. The van der Waals surface area contributed by atoms with E-state index in [2.05, 4.69) is 15.6 Å². The highest BCUT2D eigenvalue weighted by molar-refractivity contribution is 7.80. The van der Waals surface area contributed by atoms with Crippen molar-refractivity contribution in [2.45, 2.75) is 18.5 Å². The van der Waals surface area contributed by atoms with Crippen molar-refractivity contribution in [1.82, 2.24) is 15.2 Å². The summed E-state index contributed by atoms with van der Waals surface area (Å²) in [5.74, 6) is 1.47. The van der Waals surface area contributed by atoms with Crippen molar-refractivity contribution in [3.05, 3.63) is 121 Å². The molecule has 5 aromatic rings. The minimum Gasteiger partial charge on any atom is -0.459 e. The van der Waals surface area contributed by atoms with Gasteiger partial charge in [-0.25, -0.2) is 0 Å². The summed E-state index contributed by atoms with van der Waals surface area (Å²) in [5.41, 5.74) is 2.67. The lowest BCUT2D eigenvalue weighted by molar-refractivity contribution is -0.116. The van der Waals surface area contributed by atoms with Gasteiger partial charge in [0.25, 0.3) is 0 Å². The first-order valence-electron chi connectivity index (χ1n) is 12.6. The molecule has 2 N–H and O–H groups in total. The Morgan fingerprint density at radius 3 is 2.55 bits per heavy atom. The van der Waals surface area contributed by atoms with Gasteiger partial charge in [-0.1, -0.05) is 72.8 Å². The number of nitrogens with one attached hydrogen (secondary N) is 2. The van der Waals surface area contributed by atoms with Crippen molar-refractivity contribution in [3.8, 4) is 11.3 Å². The molecule has 2 atom stereocenters. The average molecular weight is 519 g/mol. The summed E-state index contributed by atoms with van der Waals surface area (Å²) in [6, 6.07) is 33.3. The first-order valence-corrected chi connectivity index (χ1v) is 13.0. The smallest absolute Gasteiger partial charge is 0.226 e. The number of nitrogens with zero attached hydrogens (tertiary/aromatic N) is 2. The number of benzene rings is 3. The van der Waals surface area contributed by atoms with Gasteiger partial charge < -0.3 is 20.0 Å². The van der Waals surface area contributed by atoms with Crippen molar-refractivity contribution >= 4 is 39.7 Å². The Morgan fingerprint density at radius 1 is 0.921 bits per heavy atom. The molecule has 6 rings (SSSR count).